The maximum Gasteiger partial charge on any atom is 0.352 e. The molecule has 2 heterocycles. The van der Waals surface area contributed by atoms with Crippen molar-refractivity contribution in [3.8, 4) is 0 Å². The van der Waals surface area contributed by atoms with Gasteiger partial charge in [-0.1, -0.05) is 0 Å². The van der Waals surface area contributed by atoms with E-state index < -0.39 is 11.4 Å². The Bertz CT molecular complexity index is 504. The van der Waals surface area contributed by atoms with Crippen molar-refractivity contribution in [1.29, 1.82) is 0 Å². The van der Waals surface area contributed by atoms with Gasteiger partial charge < -0.3 is 10.2 Å². The van der Waals surface area contributed by atoms with Crippen LogP contribution in [0.2, 0.25) is 0 Å². The van der Waals surface area contributed by atoms with Gasteiger partial charge in [-0.25, -0.2) is 9.59 Å². The van der Waals surface area contributed by atoms with E-state index in [9.17, 15) is 9.59 Å². The summed E-state index contributed by atoms with van der Waals surface area (Å²) in [5.41, 5.74) is -1.09. The van der Waals surface area contributed by atoms with Crippen LogP contribution < -0.4 is 21.6 Å². The Labute approximate surface area is 104 Å². The Kier molecular flexibility index (Phi) is 2.91. The summed E-state index contributed by atoms with van der Waals surface area (Å²) in [6.07, 6.45) is 4.70. The van der Waals surface area contributed by atoms with Gasteiger partial charge in [0.05, 0.1) is 0 Å². The summed E-state index contributed by atoms with van der Waals surface area (Å²) < 4.78 is 0. The summed E-state index contributed by atoms with van der Waals surface area (Å²) in [6.45, 7) is 1.62. The minimum absolute atomic E-state index is 0.381. The minimum atomic E-state index is -0.592. The molecule has 1 aliphatic carbocycles. The van der Waals surface area contributed by atoms with Crippen molar-refractivity contribution in [2.24, 2.45) is 0 Å². The maximum atomic E-state index is 11.2. The number of piperidine rings is 1. The lowest BCUT2D eigenvalue weighted by atomic mass is 10.1. The zero-order valence-electron chi connectivity index (χ0n) is 10.1. The highest BCUT2D eigenvalue weighted by atomic mass is 16.2. The standard InChI is InChI=1S/C11H17N5O2/c17-10-13-9(14-11(18)15-10)16-5-1-2-8(6-16)12-7-3-4-7/h7-8,12H,1-6H2,(H2,13,14,15,17,18)/t8-/m1/s1. The van der Waals surface area contributed by atoms with Gasteiger partial charge in [-0.3, -0.25) is 9.97 Å². The molecular weight excluding hydrogens is 234 g/mol. The zero-order chi connectivity index (χ0) is 12.5. The highest BCUT2D eigenvalue weighted by Crippen LogP contribution is 2.22. The second-order valence-corrected chi connectivity index (χ2v) is 5.05. The number of anilines is 1. The lowest BCUT2D eigenvalue weighted by Crippen LogP contribution is -2.48. The molecule has 0 aromatic carbocycles. The number of nitrogens with zero attached hydrogens (tertiary/aromatic N) is 2. The Morgan fingerprint density at radius 2 is 2.00 bits per heavy atom. The molecule has 1 aliphatic heterocycles. The molecule has 1 saturated carbocycles. The van der Waals surface area contributed by atoms with Crippen LogP contribution in [0.15, 0.2) is 9.59 Å². The van der Waals surface area contributed by atoms with Gasteiger partial charge in [0.15, 0.2) is 0 Å². The van der Waals surface area contributed by atoms with Crippen LogP contribution in [0.1, 0.15) is 25.7 Å². The molecule has 3 rings (SSSR count). The molecule has 0 bridgehead atoms. The number of hydrogen-bond donors (Lipinski definition) is 3. The monoisotopic (exact) mass is 251 g/mol. The smallest absolute Gasteiger partial charge is 0.341 e. The molecule has 7 nitrogen and oxygen atoms in total. The number of aromatic amines is 2. The van der Waals surface area contributed by atoms with E-state index in [0.717, 1.165) is 25.9 Å². The summed E-state index contributed by atoms with van der Waals surface area (Å²) >= 11 is 0. The van der Waals surface area contributed by atoms with E-state index >= 15 is 0 Å². The van der Waals surface area contributed by atoms with Crippen molar-refractivity contribution >= 4 is 5.95 Å². The molecule has 1 aromatic heterocycles. The fraction of sp³-hybridized carbons (Fsp3) is 0.727. The number of H-pyrrole nitrogens is 2. The van der Waals surface area contributed by atoms with E-state index in [1.165, 1.54) is 12.8 Å². The van der Waals surface area contributed by atoms with Gasteiger partial charge in [-0.2, -0.15) is 4.98 Å². The van der Waals surface area contributed by atoms with Crippen molar-refractivity contribution < 1.29 is 0 Å². The molecule has 0 amide bonds. The van der Waals surface area contributed by atoms with Crippen molar-refractivity contribution in [2.75, 3.05) is 18.0 Å². The van der Waals surface area contributed by atoms with Crippen molar-refractivity contribution in [3.63, 3.8) is 0 Å². The summed E-state index contributed by atoms with van der Waals surface area (Å²) in [7, 11) is 0. The first kappa shape index (κ1) is 11.5. The molecule has 2 fully saturated rings. The van der Waals surface area contributed by atoms with Gasteiger partial charge >= 0.3 is 11.4 Å². The predicted octanol–water partition coefficient (Wildman–Crippen LogP) is -0.821. The van der Waals surface area contributed by atoms with Crippen LogP contribution in [0, 0.1) is 0 Å². The quantitative estimate of drug-likeness (QED) is 0.652. The fourth-order valence-corrected chi connectivity index (χ4v) is 2.42. The lowest BCUT2D eigenvalue weighted by molar-refractivity contribution is 0.416. The molecule has 0 unspecified atom stereocenters. The van der Waals surface area contributed by atoms with Gasteiger partial charge in [0.2, 0.25) is 5.95 Å². The highest BCUT2D eigenvalue weighted by molar-refractivity contribution is 5.28. The van der Waals surface area contributed by atoms with E-state index in [1.807, 2.05) is 4.90 Å². The predicted molar refractivity (Wildman–Crippen MR) is 66.9 cm³/mol. The van der Waals surface area contributed by atoms with Crippen LogP contribution in [0.4, 0.5) is 5.95 Å². The van der Waals surface area contributed by atoms with Crippen LogP contribution in [-0.2, 0) is 0 Å². The maximum absolute atomic E-state index is 11.2. The molecule has 0 spiro atoms. The lowest BCUT2D eigenvalue weighted by Gasteiger charge is -2.33. The van der Waals surface area contributed by atoms with Crippen molar-refractivity contribution in [2.45, 2.75) is 37.8 Å². The van der Waals surface area contributed by atoms with E-state index in [2.05, 4.69) is 20.3 Å². The molecule has 0 radical (unpaired) electrons. The summed E-state index contributed by atoms with van der Waals surface area (Å²) in [6, 6.07) is 1.09. The largest absolute Gasteiger partial charge is 0.352 e. The molecule has 7 heteroatoms. The van der Waals surface area contributed by atoms with Gasteiger partial charge in [-0.15, -0.1) is 0 Å². The third-order valence-electron chi connectivity index (χ3n) is 3.42. The highest BCUT2D eigenvalue weighted by Gasteiger charge is 2.28. The SMILES string of the molecule is O=c1nc(N2CCC[C@@H](NC3CC3)C2)[nH]c(=O)[nH]1. The second-order valence-electron chi connectivity index (χ2n) is 5.05. The Morgan fingerprint density at radius 1 is 1.17 bits per heavy atom. The Morgan fingerprint density at radius 3 is 2.72 bits per heavy atom. The van der Waals surface area contributed by atoms with Crippen LogP contribution in [0.3, 0.4) is 0 Å². The zero-order valence-corrected chi connectivity index (χ0v) is 10.1. The summed E-state index contributed by atoms with van der Waals surface area (Å²) in [4.78, 5) is 32.9. The average molecular weight is 251 g/mol. The first-order valence-corrected chi connectivity index (χ1v) is 6.42. The van der Waals surface area contributed by atoms with Crippen molar-refractivity contribution in [3.05, 3.63) is 21.0 Å². The van der Waals surface area contributed by atoms with E-state index in [1.54, 1.807) is 0 Å². The minimum Gasteiger partial charge on any atom is -0.341 e. The normalized spacial score (nSPS) is 24.2. The number of hydrogen-bond acceptors (Lipinski definition) is 5. The molecule has 98 valence electrons. The number of rotatable bonds is 3. The third kappa shape index (κ3) is 2.61. The van der Waals surface area contributed by atoms with Crippen LogP contribution in [0.5, 0.6) is 0 Å². The molecule has 18 heavy (non-hydrogen) atoms. The average Bonchev–Trinajstić information content (AvgIpc) is 3.12. The molecule has 2 aliphatic rings. The molecule has 1 aromatic rings. The third-order valence-corrected chi connectivity index (χ3v) is 3.42. The van der Waals surface area contributed by atoms with Crippen molar-refractivity contribution in [1.82, 2.24) is 20.3 Å². The molecule has 1 atom stereocenters. The van der Waals surface area contributed by atoms with E-state index in [-0.39, 0.29) is 0 Å². The van der Waals surface area contributed by atoms with Crippen LogP contribution in [0.25, 0.3) is 0 Å². The van der Waals surface area contributed by atoms with Gasteiger partial charge in [0, 0.05) is 25.2 Å². The van der Waals surface area contributed by atoms with Gasteiger partial charge in [-0.05, 0) is 25.7 Å². The molecule has 1 saturated heterocycles. The first-order valence-electron chi connectivity index (χ1n) is 6.42. The van der Waals surface area contributed by atoms with Crippen LogP contribution >= 0.6 is 0 Å². The topological polar surface area (TPSA) is 93.9 Å². The van der Waals surface area contributed by atoms with Crippen LogP contribution in [-0.4, -0.2) is 40.1 Å². The molecular formula is C11H17N5O2. The fourth-order valence-electron chi connectivity index (χ4n) is 2.42. The summed E-state index contributed by atoms with van der Waals surface area (Å²) in [5, 5.41) is 3.57. The first-order chi connectivity index (χ1) is 8.70. The second kappa shape index (κ2) is 4.56. The van der Waals surface area contributed by atoms with Gasteiger partial charge in [0.1, 0.15) is 0 Å². The Hall–Kier alpha value is -1.63. The van der Waals surface area contributed by atoms with E-state index in [4.69, 9.17) is 0 Å². The summed E-state index contributed by atoms with van der Waals surface area (Å²) in [5.74, 6) is 0.381. The number of aromatic nitrogens is 3. The number of nitrogens with one attached hydrogen (secondary N) is 3. The molecule has 3 N–H and O–H groups in total. The Balaban J connectivity index is 1.73. The van der Waals surface area contributed by atoms with Gasteiger partial charge in [0.25, 0.3) is 0 Å². The van der Waals surface area contributed by atoms with E-state index in [0.29, 0.717) is 18.0 Å².